The lowest BCUT2D eigenvalue weighted by Gasteiger charge is -2.18. The smallest absolute Gasteiger partial charge is 0.343 e. The number of carbonyl (C=O) groups is 1. The summed E-state index contributed by atoms with van der Waals surface area (Å²) in [5.74, 6) is -0.549. The molecule has 0 spiro atoms. The van der Waals surface area contributed by atoms with Crippen molar-refractivity contribution >= 4 is 11.7 Å². The number of anilines is 1. The zero-order valence-electron chi connectivity index (χ0n) is 10.6. The van der Waals surface area contributed by atoms with Gasteiger partial charge in [0, 0.05) is 13.1 Å². The van der Waals surface area contributed by atoms with Gasteiger partial charge < -0.3 is 15.2 Å². The second-order valence-corrected chi connectivity index (χ2v) is 3.74. The van der Waals surface area contributed by atoms with Crippen LogP contribution >= 0.6 is 0 Å². The molecule has 0 unspecified atom stereocenters. The number of nitrogens with one attached hydrogen (secondary N) is 2. The number of aliphatic hydroxyl groups is 1. The number of urea groups is 1. The van der Waals surface area contributed by atoms with Crippen LogP contribution in [0.3, 0.4) is 0 Å². The lowest BCUT2D eigenvalue weighted by atomic mass is 10.2. The van der Waals surface area contributed by atoms with Gasteiger partial charge >= 0.3 is 6.03 Å². The molecule has 0 aliphatic carbocycles. The van der Waals surface area contributed by atoms with Gasteiger partial charge in [-0.25, -0.2) is 9.18 Å². The van der Waals surface area contributed by atoms with Crippen LogP contribution in [0.5, 0.6) is 5.75 Å². The molecule has 8 heteroatoms. The number of halogens is 1. The number of carbonyl (C=O) groups excluding carboxylic acids is 1. The Hall–Kier alpha value is -2.22. The molecule has 7 nitrogen and oxygen atoms in total. The van der Waals surface area contributed by atoms with Crippen molar-refractivity contribution in [2.45, 2.75) is 13.0 Å². The lowest BCUT2D eigenvalue weighted by Crippen LogP contribution is -2.34. The molecule has 3 N–H and O–H groups in total. The standard InChI is InChI=1S/C11H15FN4O3/c1-7(17)6-19-10-5-8(12)3-4-9(10)16(15-13)11(18)14-2/h3-5,7,13,17H,6H2,1-2H3,(H,14,18)/t7-/m1/s1. The van der Waals surface area contributed by atoms with Crippen molar-refractivity contribution in [2.75, 3.05) is 18.7 Å². The average Bonchev–Trinajstić information content (AvgIpc) is 2.38. The van der Waals surface area contributed by atoms with Crippen LogP contribution in [0.25, 0.3) is 0 Å². The van der Waals surface area contributed by atoms with Gasteiger partial charge in [-0.3, -0.25) is 0 Å². The topological polar surface area (TPSA) is 98.0 Å². The molecule has 0 aliphatic rings. The summed E-state index contributed by atoms with van der Waals surface area (Å²) in [6.45, 7) is 1.43. The third-order valence-corrected chi connectivity index (χ3v) is 2.14. The van der Waals surface area contributed by atoms with Gasteiger partial charge in [0.15, 0.2) is 0 Å². The van der Waals surface area contributed by atoms with E-state index in [1.165, 1.54) is 20.0 Å². The quantitative estimate of drug-likeness (QED) is 0.560. The molecule has 0 radical (unpaired) electrons. The highest BCUT2D eigenvalue weighted by molar-refractivity contribution is 5.92. The Balaban J connectivity index is 3.10. The summed E-state index contributed by atoms with van der Waals surface area (Å²) in [7, 11) is 1.38. The number of hydrogen-bond acceptors (Lipinski definition) is 5. The van der Waals surface area contributed by atoms with Crippen LogP contribution in [0.1, 0.15) is 6.92 Å². The van der Waals surface area contributed by atoms with E-state index in [2.05, 4.69) is 10.5 Å². The van der Waals surface area contributed by atoms with Gasteiger partial charge in [0.25, 0.3) is 0 Å². The van der Waals surface area contributed by atoms with Crippen molar-refractivity contribution in [1.29, 1.82) is 5.53 Å². The van der Waals surface area contributed by atoms with Gasteiger partial charge in [0.2, 0.25) is 0 Å². The summed E-state index contributed by atoms with van der Waals surface area (Å²) in [6.07, 6.45) is -0.752. The Morgan fingerprint density at radius 1 is 1.68 bits per heavy atom. The molecule has 1 aromatic rings. The third-order valence-electron chi connectivity index (χ3n) is 2.14. The van der Waals surface area contributed by atoms with Crippen LogP contribution in [0, 0.1) is 11.3 Å². The molecule has 0 aliphatic heterocycles. The fourth-order valence-corrected chi connectivity index (χ4v) is 1.30. The normalized spacial score (nSPS) is 11.6. The van der Waals surface area contributed by atoms with Crippen molar-refractivity contribution in [3.8, 4) is 5.75 Å². The van der Waals surface area contributed by atoms with E-state index in [-0.39, 0.29) is 18.0 Å². The first kappa shape index (κ1) is 14.8. The molecule has 1 aromatic carbocycles. The summed E-state index contributed by atoms with van der Waals surface area (Å²) >= 11 is 0. The Bertz CT molecular complexity index is 467. The van der Waals surface area contributed by atoms with Crippen LogP contribution < -0.4 is 15.1 Å². The van der Waals surface area contributed by atoms with Crippen LogP contribution in [0.2, 0.25) is 0 Å². The Morgan fingerprint density at radius 2 is 2.37 bits per heavy atom. The molecule has 2 amide bonds. The maximum atomic E-state index is 13.2. The Morgan fingerprint density at radius 3 is 2.89 bits per heavy atom. The molecule has 0 bridgehead atoms. The van der Waals surface area contributed by atoms with Crippen LogP contribution in [-0.4, -0.2) is 30.9 Å². The van der Waals surface area contributed by atoms with Crippen molar-refractivity contribution in [3.63, 3.8) is 0 Å². The van der Waals surface area contributed by atoms with E-state index < -0.39 is 18.0 Å². The first-order valence-electron chi connectivity index (χ1n) is 5.49. The second-order valence-electron chi connectivity index (χ2n) is 3.74. The third kappa shape index (κ3) is 3.88. The van der Waals surface area contributed by atoms with E-state index in [1.807, 2.05) is 0 Å². The van der Waals surface area contributed by atoms with Crippen molar-refractivity contribution in [3.05, 3.63) is 24.0 Å². The fraction of sp³-hybridized carbons (Fsp3) is 0.364. The maximum Gasteiger partial charge on any atom is 0.343 e. The summed E-state index contributed by atoms with van der Waals surface area (Å²) in [5, 5.41) is 15.2. The lowest BCUT2D eigenvalue weighted by molar-refractivity contribution is 0.123. The maximum absolute atomic E-state index is 13.2. The molecule has 0 fully saturated rings. The van der Waals surface area contributed by atoms with Gasteiger partial charge in [-0.05, 0) is 19.1 Å². The number of benzene rings is 1. The van der Waals surface area contributed by atoms with Gasteiger partial charge in [0.1, 0.15) is 23.9 Å². The van der Waals surface area contributed by atoms with E-state index >= 15 is 0 Å². The molecule has 19 heavy (non-hydrogen) atoms. The van der Waals surface area contributed by atoms with Gasteiger partial charge in [0.05, 0.1) is 6.10 Å². The predicted molar refractivity (Wildman–Crippen MR) is 65.7 cm³/mol. The van der Waals surface area contributed by atoms with Crippen molar-refractivity contribution < 1.29 is 19.0 Å². The van der Waals surface area contributed by atoms with Gasteiger partial charge in [-0.2, -0.15) is 10.5 Å². The highest BCUT2D eigenvalue weighted by atomic mass is 19.1. The molecule has 0 saturated heterocycles. The number of ether oxygens (including phenoxy) is 1. The van der Waals surface area contributed by atoms with E-state index in [0.717, 1.165) is 17.1 Å². The molecule has 104 valence electrons. The SMILES string of the molecule is CNC(=O)N(N=N)c1ccc(F)cc1OC[C@@H](C)O. The highest BCUT2D eigenvalue weighted by Crippen LogP contribution is 2.29. The van der Waals surface area contributed by atoms with Gasteiger partial charge in [-0.15, -0.1) is 0 Å². The highest BCUT2D eigenvalue weighted by Gasteiger charge is 2.19. The minimum Gasteiger partial charge on any atom is -0.489 e. The first-order chi connectivity index (χ1) is 8.99. The number of rotatable bonds is 5. The Kier molecular flexibility index (Phi) is 5.19. The molecule has 1 rings (SSSR count). The van der Waals surface area contributed by atoms with E-state index in [4.69, 9.17) is 15.4 Å². The van der Waals surface area contributed by atoms with E-state index in [0.29, 0.717) is 0 Å². The zero-order chi connectivity index (χ0) is 14.4. The monoisotopic (exact) mass is 270 g/mol. The summed E-state index contributed by atoms with van der Waals surface area (Å²) in [5.41, 5.74) is 7.10. The summed E-state index contributed by atoms with van der Waals surface area (Å²) < 4.78 is 18.4. The fourth-order valence-electron chi connectivity index (χ4n) is 1.30. The predicted octanol–water partition coefficient (Wildman–Crippen LogP) is 1.68. The minimum absolute atomic E-state index is 0.0144. The molecule has 1 atom stereocenters. The average molecular weight is 270 g/mol. The molecule has 0 heterocycles. The molecular formula is C11H15FN4O3. The molecular weight excluding hydrogens is 255 g/mol. The molecule has 0 saturated carbocycles. The summed E-state index contributed by atoms with van der Waals surface area (Å²) in [4.78, 5) is 11.5. The van der Waals surface area contributed by atoms with E-state index in [1.54, 1.807) is 0 Å². The largest absolute Gasteiger partial charge is 0.489 e. The van der Waals surface area contributed by atoms with Crippen LogP contribution in [-0.2, 0) is 0 Å². The first-order valence-corrected chi connectivity index (χ1v) is 5.49. The molecule has 0 aromatic heterocycles. The van der Waals surface area contributed by atoms with Gasteiger partial charge in [-0.1, -0.05) is 5.22 Å². The van der Waals surface area contributed by atoms with E-state index in [9.17, 15) is 9.18 Å². The number of hydrogen-bond donors (Lipinski definition) is 3. The minimum atomic E-state index is -0.752. The number of aliphatic hydroxyl groups excluding tert-OH is 1. The van der Waals surface area contributed by atoms with Crippen molar-refractivity contribution in [2.24, 2.45) is 5.22 Å². The van der Waals surface area contributed by atoms with Crippen molar-refractivity contribution in [1.82, 2.24) is 5.32 Å². The summed E-state index contributed by atoms with van der Waals surface area (Å²) in [6, 6.07) is 2.77. The zero-order valence-corrected chi connectivity index (χ0v) is 10.6. The number of amides is 2. The Labute approximate surface area is 109 Å². The number of nitrogens with zero attached hydrogens (tertiary/aromatic N) is 2. The second kappa shape index (κ2) is 6.64. The van der Waals surface area contributed by atoms with Crippen LogP contribution in [0.4, 0.5) is 14.9 Å². The van der Waals surface area contributed by atoms with Crippen LogP contribution in [0.15, 0.2) is 23.4 Å².